The van der Waals surface area contributed by atoms with E-state index in [2.05, 4.69) is 6.58 Å². The van der Waals surface area contributed by atoms with E-state index < -0.39 is 11.7 Å². The summed E-state index contributed by atoms with van der Waals surface area (Å²) in [5, 5.41) is 0. The van der Waals surface area contributed by atoms with Gasteiger partial charge in [-0.1, -0.05) is 26.0 Å². The Morgan fingerprint density at radius 1 is 1.25 bits per heavy atom. The molecular weight excluding hydrogens is 263 g/mol. The molecule has 0 radical (unpaired) electrons. The van der Waals surface area contributed by atoms with Crippen molar-refractivity contribution in [2.24, 2.45) is 5.73 Å². The summed E-state index contributed by atoms with van der Waals surface area (Å²) in [6.45, 7) is 7.39. The third-order valence-corrected chi connectivity index (χ3v) is 3.31. The fourth-order valence-corrected chi connectivity index (χ4v) is 2.02. The molecule has 0 aliphatic rings. The highest BCUT2D eigenvalue weighted by Crippen LogP contribution is 2.32. The van der Waals surface area contributed by atoms with Crippen LogP contribution in [0, 0.1) is 0 Å². The minimum atomic E-state index is -4.29. The lowest BCUT2D eigenvalue weighted by Gasteiger charge is -2.14. The highest BCUT2D eigenvalue weighted by Gasteiger charge is 2.31. The summed E-state index contributed by atoms with van der Waals surface area (Å²) in [7, 11) is 0. The summed E-state index contributed by atoms with van der Waals surface area (Å²) >= 11 is 0. The minimum Gasteiger partial charge on any atom is -0.324 e. The first-order chi connectivity index (χ1) is 9.24. The summed E-state index contributed by atoms with van der Waals surface area (Å²) < 4.78 is 38.6. The molecule has 112 valence electrons. The molecule has 20 heavy (non-hydrogen) atoms. The number of halogens is 3. The molecular formula is C16H22F3N. The Kier molecular flexibility index (Phi) is 5.81. The van der Waals surface area contributed by atoms with Crippen LogP contribution in [0.3, 0.4) is 0 Å². The summed E-state index contributed by atoms with van der Waals surface area (Å²) in [5.74, 6) is 0.0754. The second-order valence-electron chi connectivity index (χ2n) is 5.41. The monoisotopic (exact) mass is 285 g/mol. The van der Waals surface area contributed by atoms with Gasteiger partial charge in [0.25, 0.3) is 0 Å². The molecule has 1 aromatic rings. The third-order valence-electron chi connectivity index (χ3n) is 3.31. The van der Waals surface area contributed by atoms with Crippen molar-refractivity contribution in [1.82, 2.24) is 0 Å². The second-order valence-corrected chi connectivity index (χ2v) is 5.41. The van der Waals surface area contributed by atoms with Crippen molar-refractivity contribution in [1.29, 1.82) is 0 Å². The molecule has 0 heterocycles. The zero-order valence-corrected chi connectivity index (χ0v) is 12.0. The molecule has 0 aliphatic carbocycles. The first kappa shape index (κ1) is 16.8. The number of benzene rings is 1. The highest BCUT2D eigenvalue weighted by atomic mass is 19.4. The van der Waals surface area contributed by atoms with Crippen LogP contribution < -0.4 is 5.73 Å². The highest BCUT2D eigenvalue weighted by molar-refractivity contribution is 5.33. The lowest BCUT2D eigenvalue weighted by atomic mass is 9.95. The summed E-state index contributed by atoms with van der Waals surface area (Å²) in [4.78, 5) is 0. The van der Waals surface area contributed by atoms with Crippen LogP contribution in [0.15, 0.2) is 30.9 Å². The van der Waals surface area contributed by atoms with Crippen molar-refractivity contribution < 1.29 is 13.2 Å². The zero-order valence-electron chi connectivity index (χ0n) is 12.0. The first-order valence-corrected chi connectivity index (χ1v) is 6.83. The predicted molar refractivity (Wildman–Crippen MR) is 76.6 cm³/mol. The third kappa shape index (κ3) is 5.00. The van der Waals surface area contributed by atoms with Gasteiger partial charge in [-0.15, -0.1) is 6.58 Å². The molecule has 2 N–H and O–H groups in total. The smallest absolute Gasteiger partial charge is 0.324 e. The average molecular weight is 285 g/mol. The number of rotatable bonds is 6. The molecule has 1 rings (SSSR count). The first-order valence-electron chi connectivity index (χ1n) is 6.83. The molecule has 0 amide bonds. The molecule has 1 unspecified atom stereocenters. The number of hydrogen-bond donors (Lipinski definition) is 1. The van der Waals surface area contributed by atoms with Crippen molar-refractivity contribution in [2.45, 2.75) is 51.2 Å². The molecule has 0 spiro atoms. The van der Waals surface area contributed by atoms with E-state index in [1.165, 1.54) is 12.1 Å². The van der Waals surface area contributed by atoms with E-state index >= 15 is 0 Å². The Labute approximate surface area is 118 Å². The fourth-order valence-electron chi connectivity index (χ4n) is 2.02. The van der Waals surface area contributed by atoms with Gasteiger partial charge < -0.3 is 5.73 Å². The van der Waals surface area contributed by atoms with Crippen LogP contribution in [0.1, 0.15) is 49.3 Å². The fraction of sp³-hybridized carbons (Fsp3) is 0.500. The van der Waals surface area contributed by atoms with E-state index in [1.54, 1.807) is 6.08 Å². The molecule has 0 saturated carbocycles. The molecule has 0 saturated heterocycles. The van der Waals surface area contributed by atoms with Crippen molar-refractivity contribution in [2.75, 3.05) is 0 Å². The summed E-state index contributed by atoms with van der Waals surface area (Å²) in [6.07, 6.45) is -0.545. The summed E-state index contributed by atoms with van der Waals surface area (Å²) in [5.41, 5.74) is 6.60. The van der Waals surface area contributed by atoms with Gasteiger partial charge in [0.2, 0.25) is 0 Å². The number of alkyl halides is 3. The number of nitrogens with two attached hydrogens (primary N) is 1. The van der Waals surface area contributed by atoms with E-state index in [-0.39, 0.29) is 12.0 Å². The topological polar surface area (TPSA) is 26.0 Å². The second kappa shape index (κ2) is 6.93. The maximum Gasteiger partial charge on any atom is 0.416 e. The Balaban J connectivity index is 2.89. The van der Waals surface area contributed by atoms with Crippen LogP contribution in [0.5, 0.6) is 0 Å². The van der Waals surface area contributed by atoms with E-state index in [4.69, 9.17) is 5.73 Å². The summed E-state index contributed by atoms with van der Waals surface area (Å²) in [6, 6.07) is 4.25. The SMILES string of the molecule is C=CC(N)CCCc1cc(C(C)C)cc(C(F)(F)F)c1. The molecule has 0 fully saturated rings. The van der Waals surface area contributed by atoms with E-state index in [9.17, 15) is 13.2 Å². The minimum absolute atomic E-state index is 0.0754. The van der Waals surface area contributed by atoms with Gasteiger partial charge in [-0.25, -0.2) is 0 Å². The molecule has 1 aromatic carbocycles. The Bertz CT molecular complexity index is 450. The number of aryl methyl sites for hydroxylation is 1. The van der Waals surface area contributed by atoms with Crippen LogP contribution in [-0.2, 0) is 12.6 Å². The van der Waals surface area contributed by atoms with Gasteiger partial charge in [-0.05, 0) is 48.4 Å². The average Bonchev–Trinajstić information content (AvgIpc) is 2.37. The molecule has 0 bridgehead atoms. The van der Waals surface area contributed by atoms with Crippen molar-refractivity contribution in [3.63, 3.8) is 0 Å². The van der Waals surface area contributed by atoms with Crippen LogP contribution in [-0.4, -0.2) is 6.04 Å². The Hall–Kier alpha value is -1.29. The van der Waals surface area contributed by atoms with Gasteiger partial charge in [0, 0.05) is 6.04 Å². The Morgan fingerprint density at radius 3 is 2.40 bits per heavy atom. The van der Waals surface area contributed by atoms with Gasteiger partial charge in [-0.3, -0.25) is 0 Å². The van der Waals surface area contributed by atoms with Crippen molar-refractivity contribution in [3.05, 3.63) is 47.5 Å². The predicted octanol–water partition coefficient (Wildman–Crippen LogP) is 4.66. The van der Waals surface area contributed by atoms with Crippen LogP contribution in [0.4, 0.5) is 13.2 Å². The number of hydrogen-bond acceptors (Lipinski definition) is 1. The largest absolute Gasteiger partial charge is 0.416 e. The van der Waals surface area contributed by atoms with Gasteiger partial charge in [0.15, 0.2) is 0 Å². The van der Waals surface area contributed by atoms with Gasteiger partial charge in [0.05, 0.1) is 5.56 Å². The lowest BCUT2D eigenvalue weighted by Crippen LogP contribution is -2.16. The van der Waals surface area contributed by atoms with Crippen LogP contribution in [0.2, 0.25) is 0 Å². The molecule has 0 aromatic heterocycles. The van der Waals surface area contributed by atoms with E-state index in [0.717, 1.165) is 24.0 Å². The van der Waals surface area contributed by atoms with Crippen molar-refractivity contribution in [3.8, 4) is 0 Å². The van der Waals surface area contributed by atoms with Crippen molar-refractivity contribution >= 4 is 0 Å². The zero-order chi connectivity index (χ0) is 15.3. The van der Waals surface area contributed by atoms with E-state index in [0.29, 0.717) is 6.42 Å². The quantitative estimate of drug-likeness (QED) is 0.755. The molecule has 1 atom stereocenters. The standard InChI is InChI=1S/C16H22F3N/c1-4-15(20)7-5-6-12-8-13(11(2)3)10-14(9-12)16(17,18)19/h4,8-11,15H,1,5-7,20H2,2-3H3. The van der Waals surface area contributed by atoms with Crippen LogP contribution >= 0.6 is 0 Å². The van der Waals surface area contributed by atoms with Gasteiger partial charge in [-0.2, -0.15) is 13.2 Å². The molecule has 4 heteroatoms. The maximum atomic E-state index is 12.9. The molecule has 0 aliphatic heterocycles. The Morgan fingerprint density at radius 2 is 1.90 bits per heavy atom. The van der Waals surface area contributed by atoms with E-state index in [1.807, 2.05) is 19.9 Å². The molecule has 1 nitrogen and oxygen atoms in total. The normalized spacial score (nSPS) is 13.6. The van der Waals surface area contributed by atoms with Gasteiger partial charge >= 0.3 is 6.18 Å². The maximum absolute atomic E-state index is 12.9. The van der Waals surface area contributed by atoms with Crippen LogP contribution in [0.25, 0.3) is 0 Å². The van der Waals surface area contributed by atoms with Gasteiger partial charge in [0.1, 0.15) is 0 Å². The lowest BCUT2D eigenvalue weighted by molar-refractivity contribution is -0.137.